The highest BCUT2D eigenvalue weighted by atomic mass is 16.5. The normalized spacial score (nSPS) is 18.0. The van der Waals surface area contributed by atoms with Crippen LogP contribution in [0.1, 0.15) is 58.1 Å². The minimum atomic E-state index is -1.45. The van der Waals surface area contributed by atoms with Crippen molar-refractivity contribution in [3.8, 4) is 34.5 Å². The van der Waals surface area contributed by atoms with Crippen LogP contribution < -0.4 is 14.2 Å². The van der Waals surface area contributed by atoms with Crippen molar-refractivity contribution in [1.29, 1.82) is 0 Å². The van der Waals surface area contributed by atoms with Crippen LogP contribution >= 0.6 is 0 Å². The van der Waals surface area contributed by atoms with Crippen molar-refractivity contribution in [2.75, 3.05) is 42.0 Å². The van der Waals surface area contributed by atoms with Gasteiger partial charge in [0.15, 0.2) is 34.8 Å². The number of allylic oxidation sites excluding steroid dienone is 1. The molecule has 0 bridgehead atoms. The topological polar surface area (TPSA) is 155 Å². The molecular formula is C31H36N2O10. The number of methoxy groups -OCH3 is 3. The number of aromatic hydroxyl groups is 3. The van der Waals surface area contributed by atoms with Gasteiger partial charge >= 0.3 is 5.97 Å². The number of nitrogens with zero attached hydrogens (tertiary/aromatic N) is 2. The molecule has 1 unspecified atom stereocenters. The van der Waals surface area contributed by atoms with Gasteiger partial charge in [-0.1, -0.05) is 6.08 Å². The number of fused-ring (bicyclic) bond motifs is 4. The van der Waals surface area contributed by atoms with Gasteiger partial charge in [-0.2, -0.15) is 0 Å². The van der Waals surface area contributed by atoms with Gasteiger partial charge < -0.3 is 34.3 Å². The zero-order valence-electron chi connectivity index (χ0n) is 25.6. The highest BCUT2D eigenvalue weighted by Gasteiger charge is 2.49. The van der Waals surface area contributed by atoms with Crippen LogP contribution in [0.4, 0.5) is 0 Å². The summed E-state index contributed by atoms with van der Waals surface area (Å²) < 4.78 is 22.3. The maximum Gasteiger partial charge on any atom is 0.333 e. The van der Waals surface area contributed by atoms with Crippen molar-refractivity contribution in [2.45, 2.75) is 39.8 Å². The lowest BCUT2D eigenvalue weighted by Gasteiger charge is -2.40. The van der Waals surface area contributed by atoms with E-state index in [-0.39, 0.29) is 56.5 Å². The van der Waals surface area contributed by atoms with Crippen LogP contribution in [0.5, 0.6) is 34.5 Å². The van der Waals surface area contributed by atoms with Gasteiger partial charge in [0, 0.05) is 27.8 Å². The molecule has 12 heteroatoms. The van der Waals surface area contributed by atoms with E-state index in [1.807, 2.05) is 0 Å². The van der Waals surface area contributed by atoms with E-state index in [2.05, 4.69) is 0 Å². The number of hydrogen-bond acceptors (Lipinski definition) is 11. The number of rotatable bonds is 7. The fourth-order valence-electron chi connectivity index (χ4n) is 5.69. The third-order valence-electron chi connectivity index (χ3n) is 7.99. The number of Topliss-reactive ketones (excluding diaryl/α,β-unsaturated/α-hetero) is 1. The zero-order valence-corrected chi connectivity index (χ0v) is 25.6. The lowest BCUT2D eigenvalue weighted by molar-refractivity contribution is -0.144. The van der Waals surface area contributed by atoms with E-state index in [1.165, 1.54) is 58.2 Å². The second kappa shape index (κ2) is 11.5. The fraction of sp³-hybridized carbons (Fsp3) is 0.387. The SMILES string of the molecule is C/C=C(/C)C(=O)OC[C@H]1c2c(c(O)c(C)c(OC)c2OC)C=C2c3c(O)c(OC)c(C)c(O)c3C(=O)C(N(C)C)C(=O)N21. The summed E-state index contributed by atoms with van der Waals surface area (Å²) in [5, 5.41) is 34.2. The third kappa shape index (κ3) is 4.62. The van der Waals surface area contributed by atoms with Gasteiger partial charge in [0.2, 0.25) is 0 Å². The van der Waals surface area contributed by atoms with Gasteiger partial charge in [-0.3, -0.25) is 19.4 Å². The molecule has 0 aromatic heterocycles. The van der Waals surface area contributed by atoms with Gasteiger partial charge in [0.25, 0.3) is 5.91 Å². The predicted molar refractivity (Wildman–Crippen MR) is 157 cm³/mol. The molecule has 0 saturated carbocycles. The molecule has 0 aliphatic carbocycles. The number of ketones is 1. The van der Waals surface area contributed by atoms with Gasteiger partial charge in [0.1, 0.15) is 24.1 Å². The molecule has 12 nitrogen and oxygen atoms in total. The van der Waals surface area contributed by atoms with E-state index in [9.17, 15) is 29.7 Å². The standard InChI is InChI=1S/C31H36N2O10/c1-10-13(2)31(39)43-12-18-19-16(23(34)14(3)28(41-8)29(19)42-9)11-17-20-21(24(35)15(4)27(40-7)26(20)37)25(36)22(32(5)6)30(38)33(17)18/h10-11,18,22,34-35,37H,12H2,1-9H3/b13-10-/t18-,22?/m0/s1. The Morgan fingerprint density at radius 3 is 2.05 bits per heavy atom. The van der Waals surface area contributed by atoms with Crippen molar-refractivity contribution in [3.05, 3.63) is 45.0 Å². The van der Waals surface area contributed by atoms with Crippen molar-refractivity contribution < 1.29 is 48.7 Å². The van der Waals surface area contributed by atoms with Crippen LogP contribution in [0.15, 0.2) is 11.6 Å². The highest BCUT2D eigenvalue weighted by Crippen LogP contribution is 2.56. The van der Waals surface area contributed by atoms with Gasteiger partial charge in [0.05, 0.1) is 38.2 Å². The average molecular weight is 597 g/mol. The number of likely N-dealkylation sites (N-methyl/N-ethyl adjacent to an activating group) is 1. The molecule has 1 amide bonds. The molecule has 2 aromatic rings. The zero-order chi connectivity index (χ0) is 32.1. The van der Waals surface area contributed by atoms with Gasteiger partial charge in [-0.25, -0.2) is 4.79 Å². The molecule has 2 aliphatic heterocycles. The van der Waals surface area contributed by atoms with Crippen molar-refractivity contribution in [3.63, 3.8) is 0 Å². The lowest BCUT2D eigenvalue weighted by Crippen LogP contribution is -2.50. The third-order valence-corrected chi connectivity index (χ3v) is 7.99. The molecule has 2 atom stereocenters. The molecule has 2 aromatic carbocycles. The van der Waals surface area contributed by atoms with Crippen LogP contribution in [-0.2, 0) is 14.3 Å². The first-order valence-corrected chi connectivity index (χ1v) is 13.4. The number of benzene rings is 2. The van der Waals surface area contributed by atoms with E-state index >= 15 is 0 Å². The van der Waals surface area contributed by atoms with E-state index in [0.717, 1.165) is 0 Å². The Kier molecular flexibility index (Phi) is 8.37. The van der Waals surface area contributed by atoms with Crippen molar-refractivity contribution in [1.82, 2.24) is 9.80 Å². The number of carbonyl (C=O) groups is 3. The Bertz CT molecular complexity index is 1600. The molecule has 43 heavy (non-hydrogen) atoms. The highest BCUT2D eigenvalue weighted by molar-refractivity contribution is 6.22. The molecule has 0 saturated heterocycles. The predicted octanol–water partition coefficient (Wildman–Crippen LogP) is 3.46. The summed E-state index contributed by atoms with van der Waals surface area (Å²) in [6.45, 7) is 5.90. The maximum atomic E-state index is 14.5. The molecule has 230 valence electrons. The van der Waals surface area contributed by atoms with Crippen LogP contribution in [0.2, 0.25) is 0 Å². The Hall–Kier alpha value is -4.71. The first-order chi connectivity index (χ1) is 20.3. The van der Waals surface area contributed by atoms with E-state index in [1.54, 1.807) is 26.8 Å². The van der Waals surface area contributed by atoms with Gasteiger partial charge in [-0.15, -0.1) is 0 Å². The number of ether oxygens (including phenoxy) is 4. The molecule has 4 rings (SSSR count). The number of hydrogen-bond donors (Lipinski definition) is 3. The van der Waals surface area contributed by atoms with E-state index < -0.39 is 47.8 Å². The minimum absolute atomic E-state index is 0.0259. The molecule has 3 N–H and O–H groups in total. The second-order valence-electron chi connectivity index (χ2n) is 10.5. The first kappa shape index (κ1) is 31.2. The van der Waals surface area contributed by atoms with E-state index in [4.69, 9.17) is 18.9 Å². The van der Waals surface area contributed by atoms with Crippen molar-refractivity contribution in [2.24, 2.45) is 0 Å². The van der Waals surface area contributed by atoms with Gasteiger partial charge in [-0.05, 0) is 47.9 Å². The second-order valence-corrected chi connectivity index (χ2v) is 10.5. The van der Waals surface area contributed by atoms with Crippen molar-refractivity contribution >= 4 is 29.4 Å². The Labute approximate surface area is 249 Å². The smallest absolute Gasteiger partial charge is 0.333 e. The summed E-state index contributed by atoms with van der Waals surface area (Å²) in [6.07, 6.45) is 3.00. The molecule has 2 heterocycles. The summed E-state index contributed by atoms with van der Waals surface area (Å²) in [5.41, 5.74) is 0.666. The number of esters is 1. The summed E-state index contributed by atoms with van der Waals surface area (Å²) in [4.78, 5) is 43.9. The largest absolute Gasteiger partial charge is 0.507 e. The summed E-state index contributed by atoms with van der Waals surface area (Å²) in [6, 6.07) is -2.63. The van der Waals surface area contributed by atoms with E-state index in [0.29, 0.717) is 11.1 Å². The summed E-state index contributed by atoms with van der Waals surface area (Å²) >= 11 is 0. The van der Waals surface area contributed by atoms with Crippen LogP contribution in [0, 0.1) is 13.8 Å². The Morgan fingerprint density at radius 1 is 0.930 bits per heavy atom. The van der Waals surface area contributed by atoms with Crippen LogP contribution in [0.25, 0.3) is 11.8 Å². The summed E-state index contributed by atoms with van der Waals surface area (Å²) in [7, 11) is 7.14. The quantitative estimate of drug-likeness (QED) is 0.186. The molecule has 0 fully saturated rings. The molecule has 0 radical (unpaired) electrons. The van der Waals surface area contributed by atoms with Crippen LogP contribution in [0.3, 0.4) is 0 Å². The number of carbonyl (C=O) groups excluding carboxylic acids is 3. The molecule has 0 spiro atoms. The number of phenols is 3. The molecule has 2 aliphatic rings. The molecular weight excluding hydrogens is 560 g/mol. The average Bonchev–Trinajstić information content (AvgIpc) is 3.07. The fourth-order valence-corrected chi connectivity index (χ4v) is 5.69. The monoisotopic (exact) mass is 596 g/mol. The first-order valence-electron chi connectivity index (χ1n) is 13.4. The summed E-state index contributed by atoms with van der Waals surface area (Å²) in [5.74, 6) is -3.08. The lowest BCUT2D eigenvalue weighted by atomic mass is 9.87. The maximum absolute atomic E-state index is 14.5. The number of amides is 1. The Balaban J connectivity index is 2.20. The minimum Gasteiger partial charge on any atom is -0.507 e. The Morgan fingerprint density at radius 2 is 1.51 bits per heavy atom. The van der Waals surface area contributed by atoms with Crippen LogP contribution in [-0.4, -0.2) is 90.9 Å². The number of phenolic OH excluding ortho intramolecular Hbond substituents is 3.